The minimum Gasteiger partial charge on any atom is -0.388 e. The van der Waals surface area contributed by atoms with Crippen molar-refractivity contribution in [3.05, 3.63) is 30.5 Å². The third-order valence-electron chi connectivity index (χ3n) is 2.16. The van der Waals surface area contributed by atoms with Crippen LogP contribution in [0.15, 0.2) is 24.7 Å². The van der Waals surface area contributed by atoms with Crippen molar-refractivity contribution in [2.24, 2.45) is 5.41 Å². The second-order valence-corrected chi connectivity index (χ2v) is 4.44. The number of hydrogen-bond acceptors (Lipinski definition) is 2. The van der Waals surface area contributed by atoms with Crippen LogP contribution in [0.25, 0.3) is 0 Å². The number of H-pyrrole nitrogens is 1. The Hall–Kier alpha value is -1.25. The maximum absolute atomic E-state index is 4.15. The summed E-state index contributed by atoms with van der Waals surface area (Å²) >= 11 is 0. The van der Waals surface area contributed by atoms with E-state index in [9.17, 15) is 0 Å². The molecule has 0 atom stereocenters. The molecule has 0 aliphatic heterocycles. The summed E-state index contributed by atoms with van der Waals surface area (Å²) in [5, 5.41) is 3.31. The first-order chi connectivity index (χ1) is 6.50. The van der Waals surface area contributed by atoms with Crippen molar-refractivity contribution in [2.45, 2.75) is 27.2 Å². The van der Waals surface area contributed by atoms with Crippen LogP contribution < -0.4 is 5.32 Å². The van der Waals surface area contributed by atoms with Crippen LogP contribution in [0.5, 0.6) is 0 Å². The van der Waals surface area contributed by atoms with Crippen LogP contribution in [0.3, 0.4) is 0 Å². The number of aromatic nitrogens is 2. The summed E-state index contributed by atoms with van der Waals surface area (Å²) in [6, 6.07) is 0. The lowest BCUT2D eigenvalue weighted by Crippen LogP contribution is -2.25. The zero-order valence-corrected chi connectivity index (χ0v) is 9.22. The molecule has 3 heteroatoms. The van der Waals surface area contributed by atoms with Gasteiger partial charge in [0.15, 0.2) is 0 Å². The summed E-state index contributed by atoms with van der Waals surface area (Å²) in [6.45, 7) is 11.3. The van der Waals surface area contributed by atoms with Crippen LogP contribution in [-0.2, 0) is 6.42 Å². The molecule has 3 nitrogen and oxygen atoms in total. The van der Waals surface area contributed by atoms with Crippen LogP contribution in [0, 0.1) is 5.41 Å². The first-order valence-electron chi connectivity index (χ1n) is 4.91. The largest absolute Gasteiger partial charge is 0.388 e. The van der Waals surface area contributed by atoms with Gasteiger partial charge in [-0.2, -0.15) is 0 Å². The predicted molar refractivity (Wildman–Crippen MR) is 58.9 cm³/mol. The van der Waals surface area contributed by atoms with E-state index in [0.717, 1.165) is 24.5 Å². The van der Waals surface area contributed by atoms with Crippen LogP contribution in [0.2, 0.25) is 0 Å². The summed E-state index contributed by atoms with van der Waals surface area (Å²) in [5.41, 5.74) is 1.20. The van der Waals surface area contributed by atoms with Crippen LogP contribution >= 0.6 is 0 Å². The molecule has 1 aromatic rings. The molecule has 1 aromatic heterocycles. The van der Waals surface area contributed by atoms with Crippen molar-refractivity contribution in [1.29, 1.82) is 0 Å². The van der Waals surface area contributed by atoms with Gasteiger partial charge >= 0.3 is 0 Å². The van der Waals surface area contributed by atoms with Crippen LogP contribution in [0.1, 0.15) is 26.6 Å². The average Bonchev–Trinajstić information content (AvgIpc) is 2.55. The van der Waals surface area contributed by atoms with Crippen molar-refractivity contribution >= 4 is 0 Å². The summed E-state index contributed by atoms with van der Waals surface area (Å²) in [7, 11) is 0. The topological polar surface area (TPSA) is 40.7 Å². The predicted octanol–water partition coefficient (Wildman–Crippen LogP) is 2.10. The third-order valence-corrected chi connectivity index (χ3v) is 2.16. The number of allylic oxidation sites excluding steroid dienone is 1. The van der Waals surface area contributed by atoms with E-state index in [4.69, 9.17) is 0 Å². The Kier molecular flexibility index (Phi) is 3.33. The Bertz CT molecular complexity index is 280. The highest BCUT2D eigenvalue weighted by Gasteiger charge is 2.13. The van der Waals surface area contributed by atoms with Crippen molar-refractivity contribution < 1.29 is 0 Å². The minimum atomic E-state index is 0.128. The van der Waals surface area contributed by atoms with E-state index < -0.39 is 0 Å². The minimum absolute atomic E-state index is 0.128. The molecule has 0 aromatic carbocycles. The zero-order chi connectivity index (χ0) is 10.6. The molecule has 0 saturated carbocycles. The second-order valence-electron chi connectivity index (χ2n) is 4.44. The van der Waals surface area contributed by atoms with Gasteiger partial charge in [-0.05, 0) is 0 Å². The Morgan fingerprint density at radius 2 is 2.29 bits per heavy atom. The highest BCUT2D eigenvalue weighted by atomic mass is 14.9. The molecule has 0 saturated heterocycles. The van der Waals surface area contributed by atoms with E-state index in [1.807, 2.05) is 6.20 Å². The molecule has 2 N–H and O–H groups in total. The molecule has 1 rings (SSSR count). The fourth-order valence-electron chi connectivity index (χ4n) is 1.03. The molecule has 0 radical (unpaired) electrons. The summed E-state index contributed by atoms with van der Waals surface area (Å²) in [5.74, 6) is 1.01. The van der Waals surface area contributed by atoms with Gasteiger partial charge in [0, 0.05) is 36.5 Å². The van der Waals surface area contributed by atoms with Gasteiger partial charge in [0.25, 0.3) is 0 Å². The van der Waals surface area contributed by atoms with Crippen molar-refractivity contribution in [3.8, 4) is 0 Å². The Balaban J connectivity index is 2.26. The summed E-state index contributed by atoms with van der Waals surface area (Å²) in [4.78, 5) is 7.22. The molecule has 0 aliphatic carbocycles. The summed E-state index contributed by atoms with van der Waals surface area (Å²) < 4.78 is 0. The van der Waals surface area contributed by atoms with E-state index in [2.05, 4.69) is 42.6 Å². The number of nitrogens with one attached hydrogen (secondary N) is 2. The highest BCUT2D eigenvalue weighted by molar-refractivity contribution is 5.02. The fraction of sp³-hybridized carbons (Fsp3) is 0.545. The molecule has 14 heavy (non-hydrogen) atoms. The third kappa shape index (κ3) is 3.24. The van der Waals surface area contributed by atoms with E-state index in [0.29, 0.717) is 0 Å². The number of hydrogen-bond donors (Lipinski definition) is 2. The zero-order valence-electron chi connectivity index (χ0n) is 9.22. The number of rotatable bonds is 4. The van der Waals surface area contributed by atoms with E-state index in [-0.39, 0.29) is 5.41 Å². The molecule has 78 valence electrons. The van der Waals surface area contributed by atoms with Gasteiger partial charge in [-0.1, -0.05) is 27.4 Å². The van der Waals surface area contributed by atoms with Gasteiger partial charge in [0.2, 0.25) is 0 Å². The summed E-state index contributed by atoms with van der Waals surface area (Å²) in [6.07, 6.45) is 4.52. The first kappa shape index (κ1) is 10.8. The molecule has 0 spiro atoms. The Morgan fingerprint density at radius 1 is 1.57 bits per heavy atom. The smallest absolute Gasteiger partial charge is 0.107 e. The van der Waals surface area contributed by atoms with Crippen molar-refractivity contribution in [1.82, 2.24) is 15.3 Å². The Morgan fingerprint density at radius 3 is 2.79 bits per heavy atom. The highest BCUT2D eigenvalue weighted by Crippen LogP contribution is 2.20. The lowest BCUT2D eigenvalue weighted by molar-refractivity contribution is 0.462. The average molecular weight is 193 g/mol. The molecule has 0 unspecified atom stereocenters. The van der Waals surface area contributed by atoms with Crippen LogP contribution in [0.4, 0.5) is 0 Å². The molecular weight excluding hydrogens is 174 g/mol. The number of nitrogens with zero attached hydrogens (tertiary/aromatic N) is 1. The van der Waals surface area contributed by atoms with Gasteiger partial charge in [-0.25, -0.2) is 4.98 Å². The lowest BCUT2D eigenvalue weighted by atomic mass is 9.93. The maximum atomic E-state index is 4.15. The number of imidazole rings is 1. The van der Waals surface area contributed by atoms with Gasteiger partial charge in [-0.3, -0.25) is 0 Å². The van der Waals surface area contributed by atoms with E-state index in [1.54, 1.807) is 6.20 Å². The molecule has 0 amide bonds. The Labute approximate surface area is 85.6 Å². The van der Waals surface area contributed by atoms with Gasteiger partial charge < -0.3 is 10.3 Å². The molecule has 0 fully saturated rings. The van der Waals surface area contributed by atoms with Gasteiger partial charge in [-0.15, -0.1) is 0 Å². The first-order valence-corrected chi connectivity index (χ1v) is 4.91. The van der Waals surface area contributed by atoms with Crippen molar-refractivity contribution in [3.63, 3.8) is 0 Å². The van der Waals surface area contributed by atoms with Gasteiger partial charge in [0.05, 0.1) is 0 Å². The molecular formula is C11H19N3. The SMILES string of the molecule is C=C(NCCc1ncc[nH]1)C(C)(C)C. The van der Waals surface area contributed by atoms with Gasteiger partial charge in [0.1, 0.15) is 5.82 Å². The van der Waals surface area contributed by atoms with E-state index >= 15 is 0 Å². The monoisotopic (exact) mass is 193 g/mol. The maximum Gasteiger partial charge on any atom is 0.107 e. The number of aromatic amines is 1. The van der Waals surface area contributed by atoms with E-state index in [1.165, 1.54) is 0 Å². The lowest BCUT2D eigenvalue weighted by Gasteiger charge is -2.22. The standard InChI is InChI=1S/C11H19N3/c1-9(11(2,3)4)12-6-5-10-13-7-8-14-10/h7-8,12H,1,5-6H2,2-4H3,(H,13,14). The molecule has 1 heterocycles. The second kappa shape index (κ2) is 4.31. The van der Waals surface area contributed by atoms with Crippen molar-refractivity contribution in [2.75, 3.05) is 6.54 Å². The molecule has 0 aliphatic rings. The van der Waals surface area contributed by atoms with Crippen LogP contribution in [-0.4, -0.2) is 16.5 Å². The normalized spacial score (nSPS) is 11.4. The molecule has 0 bridgehead atoms. The quantitative estimate of drug-likeness (QED) is 0.769. The fourth-order valence-corrected chi connectivity index (χ4v) is 1.03.